The van der Waals surface area contributed by atoms with Crippen molar-refractivity contribution in [2.45, 2.75) is 13.8 Å². The maximum Gasteiger partial charge on any atom is 0.433 e. The standard InChI is InChI=1S/C17H22N4O5/c1-3-25-16(23)20-21(17(24)26-4-2)13(15-18-10-11-19-15)14(22)12-8-6-5-7-9-12/h5-9,18-19H,3-4,10-11H2,1-2H3,(H,20,23). The van der Waals surface area contributed by atoms with Gasteiger partial charge in [0.05, 0.1) is 13.2 Å². The number of Topliss-reactive ketones (excluding diaryl/α,β-unsaturated/α-hetero) is 1. The summed E-state index contributed by atoms with van der Waals surface area (Å²) in [5, 5.41) is 6.75. The van der Waals surface area contributed by atoms with Crippen LogP contribution in [0.3, 0.4) is 0 Å². The van der Waals surface area contributed by atoms with Gasteiger partial charge in [-0.2, -0.15) is 5.01 Å². The zero-order valence-corrected chi connectivity index (χ0v) is 14.7. The van der Waals surface area contributed by atoms with Gasteiger partial charge in [-0.3, -0.25) is 4.79 Å². The molecule has 2 amide bonds. The van der Waals surface area contributed by atoms with Crippen molar-refractivity contribution < 1.29 is 23.9 Å². The molecule has 0 atom stereocenters. The molecule has 9 nitrogen and oxygen atoms in total. The van der Waals surface area contributed by atoms with Gasteiger partial charge in [0, 0.05) is 18.7 Å². The number of nitrogens with one attached hydrogen (secondary N) is 3. The van der Waals surface area contributed by atoms with Crippen LogP contribution in [0, 0.1) is 0 Å². The Bertz CT molecular complexity index is 682. The quantitative estimate of drug-likeness (QED) is 0.412. The fraction of sp³-hybridized carbons (Fsp3) is 0.353. The van der Waals surface area contributed by atoms with Crippen molar-refractivity contribution in [1.82, 2.24) is 21.1 Å². The Balaban J connectivity index is 2.44. The van der Waals surface area contributed by atoms with E-state index in [4.69, 9.17) is 9.47 Å². The van der Waals surface area contributed by atoms with Crippen LogP contribution in [-0.2, 0) is 9.47 Å². The third kappa shape index (κ3) is 4.65. The summed E-state index contributed by atoms with van der Waals surface area (Å²) >= 11 is 0. The molecule has 0 aliphatic carbocycles. The van der Waals surface area contributed by atoms with E-state index < -0.39 is 18.0 Å². The average Bonchev–Trinajstić information content (AvgIpc) is 3.16. The summed E-state index contributed by atoms with van der Waals surface area (Å²) in [7, 11) is 0. The minimum absolute atomic E-state index is 0.0723. The van der Waals surface area contributed by atoms with Crippen molar-refractivity contribution in [1.29, 1.82) is 0 Å². The first-order valence-corrected chi connectivity index (χ1v) is 8.30. The van der Waals surface area contributed by atoms with E-state index in [9.17, 15) is 14.4 Å². The SMILES string of the molecule is CCOC(=O)NN(C(=O)OCC)C(C(=O)c1ccccc1)=C1NCCN1. The molecule has 3 N–H and O–H groups in total. The molecule has 1 heterocycles. The zero-order valence-electron chi connectivity index (χ0n) is 14.7. The number of hydrogen-bond acceptors (Lipinski definition) is 7. The number of ketones is 1. The van der Waals surface area contributed by atoms with Crippen LogP contribution in [0.15, 0.2) is 41.8 Å². The Hall–Kier alpha value is -3.23. The second kappa shape index (κ2) is 9.30. The Labute approximate surface area is 151 Å². The molecule has 0 spiro atoms. The van der Waals surface area contributed by atoms with E-state index in [0.29, 0.717) is 24.5 Å². The van der Waals surface area contributed by atoms with Crippen molar-refractivity contribution in [3.63, 3.8) is 0 Å². The molecule has 0 bridgehead atoms. The summed E-state index contributed by atoms with van der Waals surface area (Å²) in [4.78, 5) is 37.3. The topological polar surface area (TPSA) is 109 Å². The Morgan fingerprint density at radius 1 is 1.04 bits per heavy atom. The molecule has 1 saturated heterocycles. The highest BCUT2D eigenvalue weighted by molar-refractivity contribution is 6.10. The highest BCUT2D eigenvalue weighted by Crippen LogP contribution is 2.16. The summed E-state index contributed by atoms with van der Waals surface area (Å²) in [5.41, 5.74) is 2.54. The van der Waals surface area contributed by atoms with Crippen LogP contribution in [0.4, 0.5) is 9.59 Å². The van der Waals surface area contributed by atoms with Crippen molar-refractivity contribution >= 4 is 18.0 Å². The highest BCUT2D eigenvalue weighted by atomic mass is 16.6. The molecule has 1 aliphatic rings. The average molecular weight is 362 g/mol. The second-order valence-electron chi connectivity index (χ2n) is 5.14. The van der Waals surface area contributed by atoms with E-state index in [-0.39, 0.29) is 18.9 Å². The predicted molar refractivity (Wildman–Crippen MR) is 92.8 cm³/mol. The van der Waals surface area contributed by atoms with Gasteiger partial charge < -0.3 is 20.1 Å². The van der Waals surface area contributed by atoms with Crippen LogP contribution >= 0.6 is 0 Å². The van der Waals surface area contributed by atoms with E-state index in [2.05, 4.69) is 16.1 Å². The van der Waals surface area contributed by atoms with Crippen LogP contribution in [0.5, 0.6) is 0 Å². The fourth-order valence-corrected chi connectivity index (χ4v) is 2.29. The minimum Gasteiger partial charge on any atom is -0.449 e. The maximum atomic E-state index is 13.0. The van der Waals surface area contributed by atoms with Gasteiger partial charge in [-0.1, -0.05) is 30.3 Å². The second-order valence-corrected chi connectivity index (χ2v) is 5.14. The van der Waals surface area contributed by atoms with Crippen molar-refractivity contribution in [2.24, 2.45) is 0 Å². The van der Waals surface area contributed by atoms with E-state index in [1.54, 1.807) is 44.2 Å². The van der Waals surface area contributed by atoms with Gasteiger partial charge in [0.15, 0.2) is 5.70 Å². The van der Waals surface area contributed by atoms with Gasteiger partial charge in [-0.05, 0) is 13.8 Å². The van der Waals surface area contributed by atoms with E-state index in [1.807, 2.05) is 0 Å². The first-order chi connectivity index (χ1) is 12.6. The normalized spacial score (nSPS) is 12.5. The van der Waals surface area contributed by atoms with Crippen molar-refractivity contribution in [3.05, 3.63) is 47.4 Å². The number of carbonyl (C=O) groups is 3. The molecular formula is C17H22N4O5. The molecule has 0 unspecified atom stereocenters. The molecule has 1 aliphatic heterocycles. The lowest BCUT2D eigenvalue weighted by atomic mass is 10.1. The molecule has 26 heavy (non-hydrogen) atoms. The maximum absolute atomic E-state index is 13.0. The molecular weight excluding hydrogens is 340 g/mol. The smallest absolute Gasteiger partial charge is 0.433 e. The molecule has 1 fully saturated rings. The molecule has 0 aromatic heterocycles. The Kier molecular flexibility index (Phi) is 6.84. The van der Waals surface area contributed by atoms with Gasteiger partial charge in [0.2, 0.25) is 5.78 Å². The molecule has 9 heteroatoms. The minimum atomic E-state index is -0.900. The molecule has 0 saturated carbocycles. The summed E-state index contributed by atoms with van der Waals surface area (Å²) in [6, 6.07) is 8.42. The molecule has 140 valence electrons. The number of nitrogens with zero attached hydrogens (tertiary/aromatic N) is 1. The molecule has 2 rings (SSSR count). The van der Waals surface area contributed by atoms with Gasteiger partial charge in [0.25, 0.3) is 0 Å². The third-order valence-electron chi connectivity index (χ3n) is 3.37. The van der Waals surface area contributed by atoms with Gasteiger partial charge in [-0.15, -0.1) is 0 Å². The summed E-state index contributed by atoms with van der Waals surface area (Å²) < 4.78 is 9.81. The number of allylic oxidation sites excluding steroid dienone is 1. The van der Waals surface area contributed by atoms with Gasteiger partial charge in [0.1, 0.15) is 5.82 Å². The Morgan fingerprint density at radius 2 is 1.65 bits per heavy atom. The number of hydrogen-bond donors (Lipinski definition) is 3. The summed E-state index contributed by atoms with van der Waals surface area (Å²) in [6.45, 7) is 4.57. The first kappa shape index (κ1) is 19.1. The number of rotatable bonds is 5. The highest BCUT2D eigenvalue weighted by Gasteiger charge is 2.32. The van der Waals surface area contributed by atoms with E-state index in [0.717, 1.165) is 5.01 Å². The van der Waals surface area contributed by atoms with Crippen molar-refractivity contribution in [2.75, 3.05) is 26.3 Å². The number of carbonyl (C=O) groups excluding carboxylic acids is 3. The number of benzene rings is 1. The van der Waals surface area contributed by atoms with Crippen LogP contribution in [0.2, 0.25) is 0 Å². The lowest BCUT2D eigenvalue weighted by Gasteiger charge is -2.25. The number of hydrazine groups is 1. The molecule has 1 aromatic carbocycles. The zero-order chi connectivity index (χ0) is 18.9. The van der Waals surface area contributed by atoms with Gasteiger partial charge in [-0.25, -0.2) is 15.0 Å². The Morgan fingerprint density at radius 3 is 2.23 bits per heavy atom. The number of amides is 2. The van der Waals surface area contributed by atoms with Crippen LogP contribution < -0.4 is 16.1 Å². The predicted octanol–water partition coefficient (Wildman–Crippen LogP) is 1.35. The van der Waals surface area contributed by atoms with Crippen molar-refractivity contribution in [3.8, 4) is 0 Å². The van der Waals surface area contributed by atoms with E-state index in [1.165, 1.54) is 0 Å². The molecule has 1 aromatic rings. The number of ether oxygens (including phenoxy) is 2. The van der Waals surface area contributed by atoms with Crippen LogP contribution in [0.1, 0.15) is 24.2 Å². The first-order valence-electron chi connectivity index (χ1n) is 8.30. The van der Waals surface area contributed by atoms with Gasteiger partial charge >= 0.3 is 12.2 Å². The molecule has 0 radical (unpaired) electrons. The summed E-state index contributed by atoms with van der Waals surface area (Å²) in [5.74, 6) is -0.143. The fourth-order valence-electron chi connectivity index (χ4n) is 2.29. The largest absolute Gasteiger partial charge is 0.449 e. The lowest BCUT2D eigenvalue weighted by Crippen LogP contribution is -2.49. The van der Waals surface area contributed by atoms with Crippen LogP contribution in [-0.4, -0.2) is 49.3 Å². The summed E-state index contributed by atoms with van der Waals surface area (Å²) in [6.07, 6.45) is -1.78. The van der Waals surface area contributed by atoms with E-state index >= 15 is 0 Å². The lowest BCUT2D eigenvalue weighted by molar-refractivity contribution is 0.0779. The van der Waals surface area contributed by atoms with Crippen LogP contribution in [0.25, 0.3) is 0 Å². The monoisotopic (exact) mass is 362 g/mol. The third-order valence-corrected chi connectivity index (χ3v) is 3.37.